The number of aryl methyl sites for hydroxylation is 1. The van der Waals surface area contributed by atoms with Gasteiger partial charge in [-0.15, -0.1) is 0 Å². The minimum Gasteiger partial charge on any atom is -0.465 e. The molecule has 2 nitrogen and oxygen atoms in total. The van der Waals surface area contributed by atoms with Crippen molar-refractivity contribution in [2.75, 3.05) is 6.61 Å². The van der Waals surface area contributed by atoms with Crippen molar-refractivity contribution in [1.29, 1.82) is 0 Å². The van der Waals surface area contributed by atoms with E-state index in [1.807, 2.05) is 25.1 Å². The van der Waals surface area contributed by atoms with E-state index in [2.05, 4.69) is 19.1 Å². The fourth-order valence-electron chi connectivity index (χ4n) is 1.79. The van der Waals surface area contributed by atoms with Gasteiger partial charge in [-0.3, -0.25) is 4.79 Å². The lowest BCUT2D eigenvalue weighted by molar-refractivity contribution is -0.148. The van der Waals surface area contributed by atoms with Gasteiger partial charge in [-0.2, -0.15) is 0 Å². The van der Waals surface area contributed by atoms with Crippen molar-refractivity contribution in [3.8, 4) is 0 Å². The number of ether oxygens (including phenoxy) is 1. The van der Waals surface area contributed by atoms with Crippen LogP contribution in [0.3, 0.4) is 0 Å². The van der Waals surface area contributed by atoms with Gasteiger partial charge in [-0.25, -0.2) is 0 Å². The van der Waals surface area contributed by atoms with E-state index in [-0.39, 0.29) is 11.9 Å². The van der Waals surface area contributed by atoms with Crippen LogP contribution in [0.5, 0.6) is 0 Å². The van der Waals surface area contributed by atoms with Crippen LogP contribution in [0.25, 0.3) is 0 Å². The lowest BCUT2D eigenvalue weighted by atomic mass is 10.1. The van der Waals surface area contributed by atoms with Crippen molar-refractivity contribution in [3.05, 3.63) is 35.9 Å². The zero-order valence-electron chi connectivity index (χ0n) is 10.8. The molecule has 0 N–H and O–H groups in total. The zero-order chi connectivity index (χ0) is 12.5. The van der Waals surface area contributed by atoms with E-state index < -0.39 is 0 Å². The number of benzene rings is 1. The Morgan fingerprint density at radius 3 is 2.65 bits per heavy atom. The molecule has 2 heteroatoms. The molecule has 1 aromatic carbocycles. The molecule has 0 bridgehead atoms. The third-order valence-corrected chi connectivity index (χ3v) is 2.82. The maximum absolute atomic E-state index is 11.5. The molecule has 17 heavy (non-hydrogen) atoms. The Balaban J connectivity index is 2.14. The fraction of sp³-hybridized carbons (Fsp3) is 0.533. The minimum absolute atomic E-state index is 0.0386. The molecule has 94 valence electrons. The number of carbonyl (C=O) groups is 1. The molecule has 1 aromatic rings. The van der Waals surface area contributed by atoms with Crippen molar-refractivity contribution in [1.82, 2.24) is 0 Å². The summed E-state index contributed by atoms with van der Waals surface area (Å²) in [7, 11) is 0. The topological polar surface area (TPSA) is 26.3 Å². The molecule has 0 saturated heterocycles. The first-order valence-corrected chi connectivity index (χ1v) is 6.44. The van der Waals surface area contributed by atoms with Crippen LogP contribution in [-0.2, 0) is 16.0 Å². The second-order valence-electron chi connectivity index (χ2n) is 4.45. The van der Waals surface area contributed by atoms with Crippen molar-refractivity contribution >= 4 is 5.97 Å². The van der Waals surface area contributed by atoms with Gasteiger partial charge in [0.2, 0.25) is 0 Å². The number of esters is 1. The maximum atomic E-state index is 11.5. The SMILES string of the molecule is CCCC(C)C(=O)OCCCc1ccccc1. The molecule has 0 saturated carbocycles. The van der Waals surface area contributed by atoms with Gasteiger partial charge in [0, 0.05) is 0 Å². The number of hydrogen-bond donors (Lipinski definition) is 0. The third kappa shape index (κ3) is 5.53. The average molecular weight is 234 g/mol. The molecular weight excluding hydrogens is 212 g/mol. The maximum Gasteiger partial charge on any atom is 0.308 e. The first-order chi connectivity index (χ1) is 8.24. The van der Waals surface area contributed by atoms with E-state index in [1.54, 1.807) is 0 Å². The van der Waals surface area contributed by atoms with Gasteiger partial charge in [0.1, 0.15) is 0 Å². The average Bonchev–Trinajstić information content (AvgIpc) is 2.36. The van der Waals surface area contributed by atoms with E-state index in [4.69, 9.17) is 4.74 Å². The van der Waals surface area contributed by atoms with E-state index in [0.717, 1.165) is 25.7 Å². The van der Waals surface area contributed by atoms with Crippen LogP contribution in [0.1, 0.15) is 38.7 Å². The molecule has 0 fully saturated rings. The van der Waals surface area contributed by atoms with Gasteiger partial charge in [0.25, 0.3) is 0 Å². The van der Waals surface area contributed by atoms with Crippen LogP contribution in [0.15, 0.2) is 30.3 Å². The lowest BCUT2D eigenvalue weighted by Gasteiger charge is -2.10. The predicted molar refractivity (Wildman–Crippen MR) is 69.8 cm³/mol. The van der Waals surface area contributed by atoms with Crippen LogP contribution in [0.2, 0.25) is 0 Å². The highest BCUT2D eigenvalue weighted by atomic mass is 16.5. The molecular formula is C15H22O2. The summed E-state index contributed by atoms with van der Waals surface area (Å²) < 4.78 is 5.24. The summed E-state index contributed by atoms with van der Waals surface area (Å²) in [5.74, 6) is -0.0170. The van der Waals surface area contributed by atoms with Gasteiger partial charge >= 0.3 is 5.97 Å². The summed E-state index contributed by atoms with van der Waals surface area (Å²) in [5, 5.41) is 0. The Bertz CT molecular complexity index is 319. The summed E-state index contributed by atoms with van der Waals surface area (Å²) in [6.07, 6.45) is 3.81. The molecule has 0 radical (unpaired) electrons. The summed E-state index contributed by atoms with van der Waals surface area (Å²) in [6, 6.07) is 10.3. The van der Waals surface area contributed by atoms with Gasteiger partial charge in [-0.05, 0) is 24.8 Å². The standard InChI is InChI=1S/C15H22O2/c1-3-8-13(2)15(16)17-12-7-11-14-9-5-4-6-10-14/h4-6,9-10,13H,3,7-8,11-12H2,1-2H3. The molecule has 0 spiro atoms. The highest BCUT2D eigenvalue weighted by molar-refractivity contribution is 5.71. The van der Waals surface area contributed by atoms with Crippen molar-refractivity contribution in [3.63, 3.8) is 0 Å². The Labute approximate surface area is 104 Å². The molecule has 0 aliphatic carbocycles. The molecule has 1 rings (SSSR count). The molecule has 0 aromatic heterocycles. The van der Waals surface area contributed by atoms with Crippen LogP contribution in [0.4, 0.5) is 0 Å². The Kier molecular flexibility index (Phi) is 6.38. The minimum atomic E-state index is -0.0556. The molecule has 0 amide bonds. The second kappa shape index (κ2) is 7.88. The van der Waals surface area contributed by atoms with E-state index >= 15 is 0 Å². The summed E-state index contributed by atoms with van der Waals surface area (Å²) >= 11 is 0. The van der Waals surface area contributed by atoms with Gasteiger partial charge in [0.05, 0.1) is 12.5 Å². The van der Waals surface area contributed by atoms with E-state index in [1.165, 1.54) is 5.56 Å². The number of carbonyl (C=O) groups excluding carboxylic acids is 1. The molecule has 0 aliphatic heterocycles. The Morgan fingerprint density at radius 1 is 1.29 bits per heavy atom. The molecule has 0 heterocycles. The van der Waals surface area contributed by atoms with Crippen LogP contribution in [-0.4, -0.2) is 12.6 Å². The molecule has 1 atom stereocenters. The molecule has 0 aliphatic rings. The Morgan fingerprint density at radius 2 is 2.00 bits per heavy atom. The molecule has 1 unspecified atom stereocenters. The van der Waals surface area contributed by atoms with E-state index in [9.17, 15) is 4.79 Å². The summed E-state index contributed by atoms with van der Waals surface area (Å²) in [6.45, 7) is 4.55. The van der Waals surface area contributed by atoms with Crippen LogP contribution >= 0.6 is 0 Å². The fourth-order valence-corrected chi connectivity index (χ4v) is 1.79. The zero-order valence-corrected chi connectivity index (χ0v) is 10.8. The summed E-state index contributed by atoms with van der Waals surface area (Å²) in [4.78, 5) is 11.5. The number of rotatable bonds is 7. The number of hydrogen-bond acceptors (Lipinski definition) is 2. The van der Waals surface area contributed by atoms with Crippen molar-refractivity contribution < 1.29 is 9.53 Å². The monoisotopic (exact) mass is 234 g/mol. The lowest BCUT2D eigenvalue weighted by Crippen LogP contribution is -2.15. The van der Waals surface area contributed by atoms with Gasteiger partial charge in [0.15, 0.2) is 0 Å². The quantitative estimate of drug-likeness (QED) is 0.532. The summed E-state index contributed by atoms with van der Waals surface area (Å²) in [5.41, 5.74) is 1.30. The first-order valence-electron chi connectivity index (χ1n) is 6.44. The van der Waals surface area contributed by atoms with Crippen molar-refractivity contribution in [2.24, 2.45) is 5.92 Å². The highest BCUT2D eigenvalue weighted by Crippen LogP contribution is 2.08. The highest BCUT2D eigenvalue weighted by Gasteiger charge is 2.12. The van der Waals surface area contributed by atoms with Crippen LogP contribution < -0.4 is 0 Å². The Hall–Kier alpha value is -1.31. The second-order valence-corrected chi connectivity index (χ2v) is 4.45. The smallest absolute Gasteiger partial charge is 0.308 e. The first kappa shape index (κ1) is 13.8. The van der Waals surface area contributed by atoms with Crippen molar-refractivity contribution in [2.45, 2.75) is 39.5 Å². The van der Waals surface area contributed by atoms with Gasteiger partial charge < -0.3 is 4.74 Å². The van der Waals surface area contributed by atoms with Gasteiger partial charge in [-0.1, -0.05) is 50.6 Å². The largest absolute Gasteiger partial charge is 0.465 e. The van der Waals surface area contributed by atoms with E-state index in [0.29, 0.717) is 6.61 Å². The normalized spacial score (nSPS) is 12.1. The predicted octanol–water partition coefficient (Wildman–Crippen LogP) is 3.60. The third-order valence-electron chi connectivity index (χ3n) is 2.82. The van der Waals surface area contributed by atoms with Crippen LogP contribution in [0, 0.1) is 5.92 Å².